The van der Waals surface area contributed by atoms with E-state index in [2.05, 4.69) is 37.1 Å². The molecular formula is C16H28IN3O. The molecule has 120 valence electrons. The summed E-state index contributed by atoms with van der Waals surface area (Å²) in [5.41, 5.74) is 7.03. The van der Waals surface area contributed by atoms with E-state index in [1.807, 2.05) is 18.2 Å². The first-order valence-electron chi connectivity index (χ1n) is 7.21. The molecule has 0 heterocycles. The van der Waals surface area contributed by atoms with Crippen LogP contribution in [0.1, 0.15) is 38.7 Å². The lowest BCUT2D eigenvalue weighted by atomic mass is 10.0. The van der Waals surface area contributed by atoms with Crippen molar-refractivity contribution in [1.29, 1.82) is 0 Å². The Morgan fingerprint density at radius 2 is 1.95 bits per heavy atom. The molecule has 0 spiro atoms. The summed E-state index contributed by atoms with van der Waals surface area (Å²) in [7, 11) is 1.69. The van der Waals surface area contributed by atoms with Gasteiger partial charge in [-0.1, -0.05) is 39.0 Å². The third kappa shape index (κ3) is 7.55. The number of halogens is 1. The number of ether oxygens (including phenoxy) is 1. The Bertz CT molecular complexity index is 435. The monoisotopic (exact) mass is 405 g/mol. The third-order valence-corrected chi connectivity index (χ3v) is 3.23. The first-order chi connectivity index (χ1) is 9.54. The van der Waals surface area contributed by atoms with Gasteiger partial charge in [0.05, 0.1) is 7.11 Å². The molecule has 0 aliphatic carbocycles. The predicted octanol–water partition coefficient (Wildman–Crippen LogP) is 3.37. The summed E-state index contributed by atoms with van der Waals surface area (Å²) < 4.78 is 5.37. The Balaban J connectivity index is 0.00000400. The van der Waals surface area contributed by atoms with Crippen LogP contribution in [0.3, 0.4) is 0 Å². The van der Waals surface area contributed by atoms with Gasteiger partial charge in [-0.3, -0.25) is 4.99 Å². The molecule has 0 radical (unpaired) electrons. The fourth-order valence-electron chi connectivity index (χ4n) is 1.95. The van der Waals surface area contributed by atoms with E-state index in [0.29, 0.717) is 18.4 Å². The number of methoxy groups -OCH3 is 1. The topological polar surface area (TPSA) is 59.6 Å². The molecular weight excluding hydrogens is 377 g/mol. The lowest BCUT2D eigenvalue weighted by molar-refractivity contribution is 0.407. The number of hydrogen-bond donors (Lipinski definition) is 2. The quantitative estimate of drug-likeness (QED) is 0.416. The molecule has 0 saturated heterocycles. The van der Waals surface area contributed by atoms with E-state index in [9.17, 15) is 0 Å². The molecule has 0 amide bonds. The van der Waals surface area contributed by atoms with E-state index in [1.54, 1.807) is 7.11 Å². The molecule has 1 unspecified atom stereocenters. The summed E-state index contributed by atoms with van der Waals surface area (Å²) in [5.74, 6) is 2.37. The maximum atomic E-state index is 5.86. The molecule has 0 fully saturated rings. The molecule has 0 aliphatic rings. The Morgan fingerprint density at radius 3 is 2.57 bits per heavy atom. The molecule has 1 aromatic carbocycles. The molecule has 0 saturated carbocycles. The van der Waals surface area contributed by atoms with Crippen LogP contribution in [0.15, 0.2) is 29.3 Å². The van der Waals surface area contributed by atoms with Gasteiger partial charge >= 0.3 is 0 Å². The first kappa shape index (κ1) is 20.0. The van der Waals surface area contributed by atoms with Crippen molar-refractivity contribution >= 4 is 29.9 Å². The smallest absolute Gasteiger partial charge is 0.188 e. The second-order valence-electron chi connectivity index (χ2n) is 5.48. The molecule has 4 nitrogen and oxygen atoms in total. The lowest BCUT2D eigenvalue weighted by Gasteiger charge is -2.14. The number of guanidine groups is 1. The van der Waals surface area contributed by atoms with Crippen LogP contribution in [0, 0.1) is 5.92 Å². The van der Waals surface area contributed by atoms with Gasteiger partial charge < -0.3 is 15.8 Å². The highest BCUT2D eigenvalue weighted by Crippen LogP contribution is 2.26. The second kappa shape index (κ2) is 10.7. The molecule has 21 heavy (non-hydrogen) atoms. The van der Waals surface area contributed by atoms with Gasteiger partial charge in [0.25, 0.3) is 0 Å². The minimum absolute atomic E-state index is 0. The van der Waals surface area contributed by atoms with Crippen LogP contribution in [-0.2, 0) is 0 Å². The average molecular weight is 405 g/mol. The highest BCUT2D eigenvalue weighted by Gasteiger charge is 2.10. The fourth-order valence-corrected chi connectivity index (χ4v) is 1.95. The number of rotatable bonds is 7. The zero-order valence-electron chi connectivity index (χ0n) is 13.4. The van der Waals surface area contributed by atoms with E-state index >= 15 is 0 Å². The Hall–Kier alpha value is -0.980. The molecule has 1 rings (SSSR count). The van der Waals surface area contributed by atoms with Crippen molar-refractivity contribution < 1.29 is 4.74 Å². The molecule has 0 aliphatic heterocycles. The van der Waals surface area contributed by atoms with Crippen LogP contribution in [-0.4, -0.2) is 26.2 Å². The Labute approximate surface area is 145 Å². The van der Waals surface area contributed by atoms with Crippen LogP contribution >= 0.6 is 24.0 Å². The number of hydrogen-bond acceptors (Lipinski definition) is 2. The van der Waals surface area contributed by atoms with Gasteiger partial charge in [0.2, 0.25) is 0 Å². The summed E-state index contributed by atoms with van der Waals surface area (Å²) >= 11 is 0. The van der Waals surface area contributed by atoms with Crippen molar-refractivity contribution in [3.63, 3.8) is 0 Å². The molecule has 0 aromatic heterocycles. The molecule has 3 N–H and O–H groups in total. The van der Waals surface area contributed by atoms with Gasteiger partial charge in [-0.25, -0.2) is 0 Å². The fraction of sp³-hybridized carbons (Fsp3) is 0.562. The standard InChI is InChI=1S/C16H27N3O.HI/c1-12(2)9-10-18-16(17)19-11-13(3)14-7-5-6-8-15(14)20-4;/h5-8,12-13H,9-11H2,1-4H3,(H3,17,18,19);1H. The molecule has 5 heteroatoms. The summed E-state index contributed by atoms with van der Waals surface area (Å²) in [6.07, 6.45) is 1.10. The zero-order valence-corrected chi connectivity index (χ0v) is 15.8. The number of nitrogens with zero attached hydrogens (tertiary/aromatic N) is 1. The summed E-state index contributed by atoms with van der Waals surface area (Å²) in [6, 6.07) is 8.03. The minimum atomic E-state index is 0. The zero-order chi connectivity index (χ0) is 15.0. The van der Waals surface area contributed by atoms with Crippen LogP contribution < -0.4 is 15.8 Å². The summed E-state index contributed by atoms with van der Waals surface area (Å²) in [6.45, 7) is 8.04. The predicted molar refractivity (Wildman–Crippen MR) is 101 cm³/mol. The average Bonchev–Trinajstić information content (AvgIpc) is 2.44. The lowest BCUT2D eigenvalue weighted by Crippen LogP contribution is -2.33. The van der Waals surface area contributed by atoms with Gasteiger partial charge in [0.15, 0.2) is 5.96 Å². The maximum absolute atomic E-state index is 5.86. The SMILES string of the molecule is COc1ccccc1C(C)CN=C(N)NCCC(C)C.I. The van der Waals surface area contributed by atoms with Gasteiger partial charge in [0, 0.05) is 19.0 Å². The van der Waals surface area contributed by atoms with Crippen molar-refractivity contribution in [2.24, 2.45) is 16.6 Å². The van der Waals surface area contributed by atoms with Gasteiger partial charge in [-0.05, 0) is 24.0 Å². The summed E-state index contributed by atoms with van der Waals surface area (Å²) in [4.78, 5) is 4.40. The van der Waals surface area contributed by atoms with Crippen LogP contribution in [0.4, 0.5) is 0 Å². The number of para-hydroxylation sites is 1. The van der Waals surface area contributed by atoms with E-state index < -0.39 is 0 Å². The van der Waals surface area contributed by atoms with E-state index in [1.165, 1.54) is 0 Å². The maximum Gasteiger partial charge on any atom is 0.188 e. The first-order valence-corrected chi connectivity index (χ1v) is 7.21. The van der Waals surface area contributed by atoms with Gasteiger partial charge in [-0.15, -0.1) is 24.0 Å². The summed E-state index contributed by atoms with van der Waals surface area (Å²) in [5, 5.41) is 3.15. The number of benzene rings is 1. The Morgan fingerprint density at radius 1 is 1.29 bits per heavy atom. The Kier molecular flexibility index (Phi) is 10.2. The van der Waals surface area contributed by atoms with Crippen molar-refractivity contribution in [3.8, 4) is 5.75 Å². The van der Waals surface area contributed by atoms with Gasteiger partial charge in [0.1, 0.15) is 5.75 Å². The normalized spacial score (nSPS) is 12.7. The van der Waals surface area contributed by atoms with E-state index in [4.69, 9.17) is 10.5 Å². The van der Waals surface area contributed by atoms with Crippen LogP contribution in [0.25, 0.3) is 0 Å². The molecule has 1 aromatic rings. The van der Waals surface area contributed by atoms with Crippen LogP contribution in [0.5, 0.6) is 5.75 Å². The largest absolute Gasteiger partial charge is 0.496 e. The highest BCUT2D eigenvalue weighted by atomic mass is 127. The van der Waals surface area contributed by atoms with Gasteiger partial charge in [-0.2, -0.15) is 0 Å². The van der Waals surface area contributed by atoms with E-state index in [0.717, 1.165) is 24.3 Å². The molecule has 0 bridgehead atoms. The van der Waals surface area contributed by atoms with Crippen molar-refractivity contribution in [2.75, 3.05) is 20.2 Å². The molecule has 1 atom stereocenters. The van der Waals surface area contributed by atoms with Crippen molar-refractivity contribution in [2.45, 2.75) is 33.1 Å². The van der Waals surface area contributed by atoms with Crippen molar-refractivity contribution in [3.05, 3.63) is 29.8 Å². The number of nitrogens with two attached hydrogens (primary N) is 1. The third-order valence-electron chi connectivity index (χ3n) is 3.23. The van der Waals surface area contributed by atoms with Crippen molar-refractivity contribution in [1.82, 2.24) is 5.32 Å². The van der Waals surface area contributed by atoms with E-state index in [-0.39, 0.29) is 29.9 Å². The number of nitrogens with one attached hydrogen (secondary N) is 1. The minimum Gasteiger partial charge on any atom is -0.496 e. The second-order valence-corrected chi connectivity index (χ2v) is 5.48. The highest BCUT2D eigenvalue weighted by molar-refractivity contribution is 14.0. The van der Waals surface area contributed by atoms with Crippen LogP contribution in [0.2, 0.25) is 0 Å². The number of aliphatic imine (C=N–C) groups is 1.